The number of fused-ring (bicyclic) bond motifs is 1. The predicted molar refractivity (Wildman–Crippen MR) is 110 cm³/mol. The molecule has 0 N–H and O–H groups in total. The van der Waals surface area contributed by atoms with E-state index >= 15 is 0 Å². The Hall–Kier alpha value is -2.93. The van der Waals surface area contributed by atoms with Crippen molar-refractivity contribution >= 4 is 11.3 Å². The van der Waals surface area contributed by atoms with Gasteiger partial charge in [-0.2, -0.15) is 18.2 Å². The average molecular weight is 389 g/mol. The largest absolute Gasteiger partial charge is 2.00 e. The Morgan fingerprint density at radius 3 is 2.04 bits per heavy atom. The monoisotopic (exact) mass is 389 g/mol. The summed E-state index contributed by atoms with van der Waals surface area (Å²) in [5.41, 5.74) is 6.88. The minimum absolute atomic E-state index is 0. The maximum Gasteiger partial charge on any atom is 2.00 e. The zero-order valence-electron chi connectivity index (χ0n) is 14.8. The van der Waals surface area contributed by atoms with Crippen molar-refractivity contribution in [3.05, 3.63) is 143 Å². The quantitative estimate of drug-likeness (QED) is 0.317. The molecule has 1 aliphatic carbocycles. The first kappa shape index (κ1) is 18.8. The zero-order valence-corrected chi connectivity index (χ0v) is 15.9. The molecule has 0 atom stereocenters. The van der Waals surface area contributed by atoms with Gasteiger partial charge in [0.2, 0.25) is 0 Å². The third-order valence-corrected chi connectivity index (χ3v) is 4.31. The molecule has 3 aromatic rings. The molecule has 1 nitrogen and oxygen atoms in total. The minimum atomic E-state index is 0. The second-order valence-electron chi connectivity index (χ2n) is 6.07. The molecule has 0 unspecified atom stereocenters. The summed E-state index contributed by atoms with van der Waals surface area (Å²) < 4.78 is 0. The molecule has 0 amide bonds. The van der Waals surface area contributed by atoms with Crippen LogP contribution in [0.25, 0.3) is 10.9 Å². The van der Waals surface area contributed by atoms with Gasteiger partial charge in [-0.25, -0.2) is 12.1 Å². The molecule has 0 spiro atoms. The fourth-order valence-electron chi connectivity index (χ4n) is 3.05. The third kappa shape index (κ3) is 4.43. The van der Waals surface area contributed by atoms with Crippen molar-refractivity contribution in [2.24, 2.45) is 0 Å². The van der Waals surface area contributed by atoms with E-state index in [9.17, 15) is 0 Å². The van der Waals surface area contributed by atoms with Gasteiger partial charge in [-0.05, 0) is 22.3 Å². The molecule has 0 saturated carbocycles. The van der Waals surface area contributed by atoms with Gasteiger partial charge in [0, 0.05) is 0 Å². The van der Waals surface area contributed by atoms with E-state index in [0.717, 1.165) is 17.0 Å². The molecular weight excluding hydrogens is 370 g/mol. The average Bonchev–Trinajstić information content (AvgIpc) is 3.44. The summed E-state index contributed by atoms with van der Waals surface area (Å²) >= 11 is 0. The summed E-state index contributed by atoms with van der Waals surface area (Å²) in [6.07, 6.45) is 10.5. The maximum absolute atomic E-state index is 4.80. The van der Waals surface area contributed by atoms with Crippen LogP contribution in [0.2, 0.25) is 0 Å². The third-order valence-electron chi connectivity index (χ3n) is 4.31. The number of hydrogen-bond donors (Lipinski definition) is 0. The first-order valence-electron chi connectivity index (χ1n) is 8.76. The Balaban J connectivity index is 0.000000306. The van der Waals surface area contributed by atoms with E-state index in [1.807, 2.05) is 54.6 Å². The van der Waals surface area contributed by atoms with Crippen LogP contribution in [0.5, 0.6) is 0 Å². The predicted octanol–water partition coefficient (Wildman–Crippen LogP) is 6.92. The van der Waals surface area contributed by atoms with Gasteiger partial charge >= 0.3 is 17.1 Å². The molecule has 132 valence electrons. The van der Waals surface area contributed by atoms with Crippen molar-refractivity contribution in [1.29, 1.82) is 0 Å². The van der Waals surface area contributed by atoms with Crippen LogP contribution in [0.15, 0.2) is 127 Å². The van der Waals surface area contributed by atoms with Gasteiger partial charge in [0.05, 0.1) is 0 Å². The maximum atomic E-state index is 4.80. The van der Waals surface area contributed by atoms with Crippen molar-refractivity contribution in [2.75, 3.05) is 0 Å². The van der Waals surface area contributed by atoms with Crippen molar-refractivity contribution in [2.45, 2.75) is 0 Å². The molecule has 1 aliphatic heterocycles. The zero-order chi connectivity index (χ0) is 17.6. The molecule has 2 aliphatic rings. The Morgan fingerprint density at radius 2 is 1.37 bits per heavy atom. The topological polar surface area (TPSA) is 14.1 Å². The van der Waals surface area contributed by atoms with Crippen molar-refractivity contribution in [3.63, 3.8) is 0 Å². The van der Waals surface area contributed by atoms with Gasteiger partial charge in [0.1, 0.15) is 0 Å². The number of benzene rings is 2. The van der Waals surface area contributed by atoms with Crippen LogP contribution in [0.4, 0.5) is 5.69 Å². The number of rotatable bonds is 1. The number of allylic oxidation sites excluding steroid dienone is 6. The standard InChI is InChI=1S/C20H14N.C5H5.Fe/c1-2-8-15(9-3-1)18-14-20(16-10-4-5-11-16)21-19-13-7-6-12-17(18)19;1-2-4-5-3-1;/h1-14H;1-5H;/q2*-1;+2. The molecule has 3 aromatic carbocycles. The molecule has 1 heterocycles. The second-order valence-corrected chi connectivity index (χ2v) is 6.07. The van der Waals surface area contributed by atoms with Crippen molar-refractivity contribution < 1.29 is 17.1 Å². The van der Waals surface area contributed by atoms with Gasteiger partial charge in [0.25, 0.3) is 0 Å². The molecule has 5 rings (SSSR count). The number of hydrogen-bond acceptors (Lipinski definition) is 0. The van der Waals surface area contributed by atoms with Crippen LogP contribution in [-0.4, -0.2) is 0 Å². The molecule has 0 fully saturated rings. The van der Waals surface area contributed by atoms with E-state index in [1.165, 1.54) is 16.7 Å². The van der Waals surface area contributed by atoms with E-state index in [4.69, 9.17) is 5.32 Å². The molecule has 0 radical (unpaired) electrons. The van der Waals surface area contributed by atoms with Gasteiger partial charge in [-0.1, -0.05) is 85.0 Å². The van der Waals surface area contributed by atoms with Gasteiger partial charge in [-0.3, -0.25) is 0 Å². The molecule has 27 heavy (non-hydrogen) atoms. The minimum Gasteiger partial charge on any atom is -0.657 e. The first-order valence-corrected chi connectivity index (χ1v) is 8.76. The molecule has 0 saturated heterocycles. The fraction of sp³-hybridized carbons (Fsp3) is 0. The number of para-hydroxylation sites is 1. The van der Waals surface area contributed by atoms with Crippen molar-refractivity contribution in [1.82, 2.24) is 0 Å². The van der Waals surface area contributed by atoms with Gasteiger partial charge < -0.3 is 5.32 Å². The van der Waals surface area contributed by atoms with E-state index in [-0.39, 0.29) is 17.1 Å². The molecule has 0 bridgehead atoms. The molecule has 2 heteroatoms. The van der Waals surface area contributed by atoms with E-state index in [2.05, 4.69) is 60.7 Å². The first-order chi connectivity index (χ1) is 12.9. The van der Waals surface area contributed by atoms with Crippen molar-refractivity contribution in [3.8, 4) is 0 Å². The second kappa shape index (κ2) is 9.14. The van der Waals surface area contributed by atoms with Crippen LogP contribution >= 0.6 is 0 Å². The molecular formula is C25H19FeN. The normalized spacial score (nSPS) is 13.7. The van der Waals surface area contributed by atoms with Crippen LogP contribution in [0.1, 0.15) is 11.1 Å². The van der Waals surface area contributed by atoms with Crippen LogP contribution < -0.4 is 0 Å². The van der Waals surface area contributed by atoms with Crippen LogP contribution in [0, 0.1) is 0 Å². The van der Waals surface area contributed by atoms with E-state index < -0.39 is 0 Å². The Morgan fingerprint density at radius 1 is 0.704 bits per heavy atom. The summed E-state index contributed by atoms with van der Waals surface area (Å²) in [5.74, 6) is 0. The van der Waals surface area contributed by atoms with Gasteiger partial charge in [-0.15, -0.1) is 11.4 Å². The summed E-state index contributed by atoms with van der Waals surface area (Å²) in [5, 5.41) is 4.80. The molecule has 0 aromatic heterocycles. The summed E-state index contributed by atoms with van der Waals surface area (Å²) in [7, 11) is 0. The van der Waals surface area contributed by atoms with Crippen LogP contribution in [-0.2, 0) is 17.1 Å². The summed E-state index contributed by atoms with van der Waals surface area (Å²) in [4.78, 5) is 0. The van der Waals surface area contributed by atoms with Gasteiger partial charge in [0.15, 0.2) is 0 Å². The Labute approximate surface area is 171 Å². The summed E-state index contributed by atoms with van der Waals surface area (Å²) in [6.45, 7) is 0. The number of nitrogens with zero attached hydrogens (tertiary/aromatic N) is 1. The Kier molecular flexibility index (Phi) is 6.38. The van der Waals surface area contributed by atoms with Crippen LogP contribution in [0.3, 0.4) is 0 Å². The summed E-state index contributed by atoms with van der Waals surface area (Å²) in [6, 6.07) is 28.8. The smallest absolute Gasteiger partial charge is 0.657 e. The SMILES string of the molecule is C1=CC(=C2C=C(c3ccccc3)c3ccccc3[N-]2)C=C1.[Fe+2].c1cc[cH-]c1. The van der Waals surface area contributed by atoms with E-state index in [1.54, 1.807) is 0 Å². The Bertz CT molecular complexity index is 959. The fourth-order valence-corrected chi connectivity index (χ4v) is 3.05. The van der Waals surface area contributed by atoms with E-state index in [0.29, 0.717) is 0 Å².